The molecule has 0 unspecified atom stereocenters. The smallest absolute Gasteiger partial charge is 0.0561 e. The lowest BCUT2D eigenvalue weighted by Gasteiger charge is -1.86. The van der Waals surface area contributed by atoms with E-state index in [1.807, 2.05) is 0 Å². The summed E-state index contributed by atoms with van der Waals surface area (Å²) in [7, 11) is 0. The number of rotatable bonds is 1. The van der Waals surface area contributed by atoms with E-state index in [1.165, 1.54) is 0 Å². The standard InChI is InChI=1S/C5H7N3/c1-2-5-3-6-8-7-4-5/h3-4H,2H2,1H3. The van der Waals surface area contributed by atoms with Crippen molar-refractivity contribution in [3.63, 3.8) is 0 Å². The van der Waals surface area contributed by atoms with Crippen molar-refractivity contribution in [3.8, 4) is 0 Å². The molecule has 0 amide bonds. The molecule has 0 atom stereocenters. The van der Waals surface area contributed by atoms with Crippen molar-refractivity contribution < 1.29 is 0 Å². The normalized spacial score (nSPS) is 9.12. The Labute approximate surface area is 47.8 Å². The van der Waals surface area contributed by atoms with Crippen molar-refractivity contribution in [1.82, 2.24) is 15.4 Å². The molecule has 0 saturated carbocycles. The molecule has 0 saturated heterocycles. The minimum absolute atomic E-state index is 0.975. The highest BCUT2D eigenvalue weighted by Gasteiger charge is 1.83. The van der Waals surface area contributed by atoms with Gasteiger partial charge >= 0.3 is 0 Å². The van der Waals surface area contributed by atoms with E-state index in [4.69, 9.17) is 0 Å². The van der Waals surface area contributed by atoms with Crippen molar-refractivity contribution in [2.24, 2.45) is 0 Å². The second kappa shape index (κ2) is 2.35. The van der Waals surface area contributed by atoms with Crippen LogP contribution in [0.4, 0.5) is 0 Å². The van der Waals surface area contributed by atoms with Crippen LogP contribution in [0.1, 0.15) is 12.5 Å². The number of aromatic nitrogens is 3. The van der Waals surface area contributed by atoms with Crippen LogP contribution >= 0.6 is 0 Å². The Morgan fingerprint density at radius 3 is 2.38 bits per heavy atom. The molecule has 0 fully saturated rings. The predicted molar refractivity (Wildman–Crippen MR) is 29.2 cm³/mol. The lowest BCUT2D eigenvalue weighted by Crippen LogP contribution is -1.87. The van der Waals surface area contributed by atoms with E-state index in [0.717, 1.165) is 12.0 Å². The molecule has 0 aromatic carbocycles. The van der Waals surface area contributed by atoms with Crippen LogP contribution < -0.4 is 0 Å². The van der Waals surface area contributed by atoms with Crippen molar-refractivity contribution in [1.29, 1.82) is 0 Å². The summed E-state index contributed by atoms with van der Waals surface area (Å²) in [5, 5.41) is 10.6. The van der Waals surface area contributed by atoms with Crippen LogP contribution in [-0.4, -0.2) is 15.4 Å². The van der Waals surface area contributed by atoms with Gasteiger partial charge in [0.05, 0.1) is 12.4 Å². The van der Waals surface area contributed by atoms with E-state index in [0.29, 0.717) is 0 Å². The number of nitrogens with zero attached hydrogens (tertiary/aromatic N) is 3. The Balaban J connectivity index is 2.83. The highest BCUT2D eigenvalue weighted by atomic mass is 15.3. The fraction of sp³-hybridized carbons (Fsp3) is 0.400. The fourth-order valence-electron chi connectivity index (χ4n) is 0.446. The lowest BCUT2D eigenvalue weighted by atomic mass is 10.3. The Kier molecular flexibility index (Phi) is 1.51. The van der Waals surface area contributed by atoms with E-state index in [9.17, 15) is 0 Å². The van der Waals surface area contributed by atoms with Gasteiger partial charge in [0.15, 0.2) is 0 Å². The molecule has 0 aliphatic heterocycles. The third kappa shape index (κ3) is 0.992. The maximum Gasteiger partial charge on any atom is 0.0561 e. The summed E-state index contributed by atoms with van der Waals surface area (Å²) in [6, 6.07) is 0. The van der Waals surface area contributed by atoms with Gasteiger partial charge in [0, 0.05) is 0 Å². The maximum atomic E-state index is 3.59. The van der Waals surface area contributed by atoms with Gasteiger partial charge in [0.2, 0.25) is 0 Å². The van der Waals surface area contributed by atoms with Crippen LogP contribution in [0, 0.1) is 0 Å². The van der Waals surface area contributed by atoms with Crippen molar-refractivity contribution in [3.05, 3.63) is 18.0 Å². The topological polar surface area (TPSA) is 38.7 Å². The number of hydrogen-bond acceptors (Lipinski definition) is 3. The van der Waals surface area contributed by atoms with Gasteiger partial charge in [-0.05, 0) is 17.2 Å². The minimum atomic E-state index is 0.975. The summed E-state index contributed by atoms with van der Waals surface area (Å²) in [5.74, 6) is 0. The van der Waals surface area contributed by atoms with Crippen LogP contribution in [0.5, 0.6) is 0 Å². The highest BCUT2D eigenvalue weighted by Crippen LogP contribution is 1.89. The summed E-state index contributed by atoms with van der Waals surface area (Å²) < 4.78 is 0. The van der Waals surface area contributed by atoms with E-state index >= 15 is 0 Å². The third-order valence-corrected chi connectivity index (χ3v) is 0.959. The van der Waals surface area contributed by atoms with Crippen molar-refractivity contribution in [2.45, 2.75) is 13.3 Å². The molecule has 0 spiro atoms. The molecule has 1 aromatic heterocycles. The lowest BCUT2D eigenvalue weighted by molar-refractivity contribution is 0.840. The molecule has 0 bridgehead atoms. The largest absolute Gasteiger partial charge is 0.138 e. The van der Waals surface area contributed by atoms with Crippen LogP contribution in [0.2, 0.25) is 0 Å². The SMILES string of the molecule is CCc1cnnnc1. The van der Waals surface area contributed by atoms with Gasteiger partial charge in [-0.25, -0.2) is 0 Å². The Morgan fingerprint density at radius 1 is 1.38 bits per heavy atom. The second-order valence-electron chi connectivity index (χ2n) is 1.51. The molecule has 3 heteroatoms. The second-order valence-corrected chi connectivity index (χ2v) is 1.51. The first kappa shape index (κ1) is 5.15. The van der Waals surface area contributed by atoms with Gasteiger partial charge < -0.3 is 0 Å². The molecule has 0 aliphatic rings. The number of aryl methyl sites for hydroxylation is 1. The molecule has 8 heavy (non-hydrogen) atoms. The maximum absolute atomic E-state index is 3.59. The third-order valence-electron chi connectivity index (χ3n) is 0.959. The molecule has 0 aliphatic carbocycles. The first-order valence-electron chi connectivity index (χ1n) is 2.55. The molecular formula is C5H7N3. The zero-order valence-electron chi connectivity index (χ0n) is 4.70. The first-order valence-corrected chi connectivity index (χ1v) is 2.55. The van der Waals surface area contributed by atoms with E-state index in [2.05, 4.69) is 22.3 Å². The van der Waals surface area contributed by atoms with Crippen LogP contribution in [0.25, 0.3) is 0 Å². The quantitative estimate of drug-likeness (QED) is 0.525. The molecule has 1 heterocycles. The molecule has 1 aromatic rings. The molecular weight excluding hydrogens is 102 g/mol. The van der Waals surface area contributed by atoms with E-state index < -0.39 is 0 Å². The average Bonchev–Trinajstić information content (AvgIpc) is 1.90. The molecule has 1 rings (SSSR count). The Bertz CT molecular complexity index is 149. The summed E-state index contributed by atoms with van der Waals surface area (Å²) >= 11 is 0. The molecule has 0 N–H and O–H groups in total. The molecule has 42 valence electrons. The van der Waals surface area contributed by atoms with Gasteiger partial charge in [-0.2, -0.15) is 0 Å². The van der Waals surface area contributed by atoms with Crippen molar-refractivity contribution in [2.75, 3.05) is 0 Å². The summed E-state index contributed by atoms with van der Waals surface area (Å²) in [5.41, 5.74) is 1.13. The Morgan fingerprint density at radius 2 is 2.00 bits per heavy atom. The fourth-order valence-corrected chi connectivity index (χ4v) is 0.446. The van der Waals surface area contributed by atoms with Gasteiger partial charge in [-0.3, -0.25) is 0 Å². The minimum Gasteiger partial charge on any atom is -0.138 e. The van der Waals surface area contributed by atoms with Gasteiger partial charge in [0.1, 0.15) is 0 Å². The van der Waals surface area contributed by atoms with E-state index in [-0.39, 0.29) is 0 Å². The zero-order valence-corrected chi connectivity index (χ0v) is 4.70. The Hall–Kier alpha value is -0.990. The summed E-state index contributed by atoms with van der Waals surface area (Å²) in [6.45, 7) is 2.05. The summed E-state index contributed by atoms with van der Waals surface area (Å²) in [6.07, 6.45) is 4.41. The van der Waals surface area contributed by atoms with Crippen molar-refractivity contribution >= 4 is 0 Å². The highest BCUT2D eigenvalue weighted by molar-refractivity contribution is 4.98. The van der Waals surface area contributed by atoms with Gasteiger partial charge in [-0.1, -0.05) is 6.92 Å². The zero-order chi connectivity index (χ0) is 5.82. The van der Waals surface area contributed by atoms with E-state index in [1.54, 1.807) is 12.4 Å². The van der Waals surface area contributed by atoms with Gasteiger partial charge in [-0.15, -0.1) is 10.2 Å². The predicted octanol–water partition coefficient (Wildman–Crippen LogP) is 0.434. The molecule has 3 nitrogen and oxygen atoms in total. The monoisotopic (exact) mass is 109 g/mol. The first-order chi connectivity index (χ1) is 3.93. The average molecular weight is 109 g/mol. The molecule has 0 radical (unpaired) electrons. The van der Waals surface area contributed by atoms with Crippen LogP contribution in [0.15, 0.2) is 12.4 Å². The van der Waals surface area contributed by atoms with Crippen LogP contribution in [0.3, 0.4) is 0 Å². The number of hydrogen-bond donors (Lipinski definition) is 0. The van der Waals surface area contributed by atoms with Gasteiger partial charge in [0.25, 0.3) is 0 Å². The van der Waals surface area contributed by atoms with Crippen LogP contribution in [-0.2, 0) is 6.42 Å². The summed E-state index contributed by atoms with van der Waals surface area (Å²) in [4.78, 5) is 0.